The summed E-state index contributed by atoms with van der Waals surface area (Å²) in [6.07, 6.45) is 2.56. The van der Waals surface area contributed by atoms with Gasteiger partial charge in [-0.15, -0.1) is 0 Å². The van der Waals surface area contributed by atoms with Crippen molar-refractivity contribution in [3.63, 3.8) is 0 Å². The number of aromatic nitrogens is 3. The number of benzene rings is 1. The van der Waals surface area contributed by atoms with Crippen molar-refractivity contribution >= 4 is 22.5 Å². The fraction of sp³-hybridized carbons (Fsp3) is 0.316. The average Bonchev–Trinajstić information content (AvgIpc) is 2.58. The summed E-state index contributed by atoms with van der Waals surface area (Å²) < 4.78 is 0. The molecule has 1 aromatic carbocycles. The van der Waals surface area contributed by atoms with Crippen LogP contribution in [0.15, 0.2) is 24.5 Å². The molecule has 0 amide bonds. The van der Waals surface area contributed by atoms with Crippen LogP contribution in [0.2, 0.25) is 0 Å². The lowest BCUT2D eigenvalue weighted by atomic mass is 9.89. The van der Waals surface area contributed by atoms with Crippen LogP contribution in [0.3, 0.4) is 0 Å². The molecule has 0 unspecified atom stereocenters. The molecule has 0 atom stereocenters. The highest BCUT2D eigenvalue weighted by molar-refractivity contribution is 5.99. The Labute approximate surface area is 150 Å². The van der Waals surface area contributed by atoms with E-state index in [2.05, 4.69) is 15.3 Å². The molecule has 1 aliphatic carbocycles. The topological polar surface area (TPSA) is 117 Å². The average molecular weight is 351 g/mol. The van der Waals surface area contributed by atoms with E-state index in [1.165, 1.54) is 6.33 Å². The summed E-state index contributed by atoms with van der Waals surface area (Å²) in [6.45, 7) is 3.83. The lowest BCUT2D eigenvalue weighted by Crippen LogP contribution is -2.39. The number of aromatic hydroxyl groups is 1. The Morgan fingerprint density at radius 2 is 1.96 bits per heavy atom. The number of hydrogen-bond donors (Lipinski definition) is 4. The summed E-state index contributed by atoms with van der Waals surface area (Å²) in [7, 11) is 0. The quantitative estimate of drug-likeness (QED) is 0.573. The fourth-order valence-corrected chi connectivity index (χ4v) is 3.45. The van der Waals surface area contributed by atoms with Crippen molar-refractivity contribution in [3.8, 4) is 17.0 Å². The molecule has 0 bridgehead atoms. The summed E-state index contributed by atoms with van der Waals surface area (Å²) in [4.78, 5) is 13.3. The molecule has 2 heterocycles. The van der Waals surface area contributed by atoms with Gasteiger partial charge < -0.3 is 21.3 Å². The minimum atomic E-state index is -0.253. The van der Waals surface area contributed by atoms with Crippen molar-refractivity contribution in [1.82, 2.24) is 15.0 Å². The van der Waals surface area contributed by atoms with E-state index in [1.807, 2.05) is 26.0 Å². The molecule has 1 saturated carbocycles. The van der Waals surface area contributed by atoms with Crippen molar-refractivity contribution in [2.75, 3.05) is 11.1 Å². The number of hydrogen-bond acceptors (Lipinski definition) is 7. The molecular formula is C19H21N5O2. The first kappa shape index (κ1) is 16.5. The maximum Gasteiger partial charge on any atom is 0.134 e. The number of nitrogen functional groups attached to an aromatic ring is 1. The molecule has 0 aliphatic heterocycles. The molecule has 7 nitrogen and oxygen atoms in total. The van der Waals surface area contributed by atoms with E-state index in [-0.39, 0.29) is 17.9 Å². The van der Waals surface area contributed by atoms with Gasteiger partial charge in [-0.3, -0.25) is 0 Å². The van der Waals surface area contributed by atoms with Crippen molar-refractivity contribution in [2.24, 2.45) is 0 Å². The van der Waals surface area contributed by atoms with Gasteiger partial charge in [0.25, 0.3) is 0 Å². The van der Waals surface area contributed by atoms with Gasteiger partial charge >= 0.3 is 0 Å². The van der Waals surface area contributed by atoms with E-state index in [0.717, 1.165) is 16.7 Å². The predicted molar refractivity (Wildman–Crippen MR) is 101 cm³/mol. The van der Waals surface area contributed by atoms with E-state index in [4.69, 9.17) is 10.7 Å². The maximum absolute atomic E-state index is 10.2. The van der Waals surface area contributed by atoms with Gasteiger partial charge in [0.1, 0.15) is 29.2 Å². The van der Waals surface area contributed by atoms with Crippen LogP contribution in [0, 0.1) is 13.8 Å². The molecule has 1 fully saturated rings. The zero-order valence-electron chi connectivity index (χ0n) is 14.7. The Kier molecular flexibility index (Phi) is 3.88. The van der Waals surface area contributed by atoms with Crippen LogP contribution in [0.1, 0.15) is 24.0 Å². The van der Waals surface area contributed by atoms with E-state index in [9.17, 15) is 10.2 Å². The molecule has 0 spiro atoms. The number of rotatable bonds is 3. The van der Waals surface area contributed by atoms with Crippen LogP contribution >= 0.6 is 0 Å². The second-order valence-electron chi connectivity index (χ2n) is 6.88. The third kappa shape index (κ3) is 2.70. The summed E-state index contributed by atoms with van der Waals surface area (Å²) in [5, 5.41) is 23.8. The molecule has 3 aromatic rings. The monoisotopic (exact) mass is 351 g/mol. The molecule has 4 rings (SSSR count). The molecule has 0 saturated heterocycles. The van der Waals surface area contributed by atoms with Crippen molar-refractivity contribution in [2.45, 2.75) is 38.8 Å². The zero-order chi connectivity index (χ0) is 18.4. The number of aryl methyl sites for hydroxylation is 1. The number of nitrogens with one attached hydrogen (secondary N) is 1. The van der Waals surface area contributed by atoms with Gasteiger partial charge in [0.2, 0.25) is 0 Å². The number of aliphatic hydroxyl groups is 1. The first-order chi connectivity index (χ1) is 12.4. The summed E-state index contributed by atoms with van der Waals surface area (Å²) in [5.41, 5.74) is 9.95. The van der Waals surface area contributed by atoms with Crippen LogP contribution in [-0.4, -0.2) is 37.3 Å². The number of nitrogens with zero attached hydrogens (tertiary/aromatic N) is 3. The summed E-state index contributed by atoms with van der Waals surface area (Å²) in [5.74, 6) is 1.25. The van der Waals surface area contributed by atoms with E-state index in [0.29, 0.717) is 41.1 Å². The molecule has 0 radical (unpaired) electrons. The van der Waals surface area contributed by atoms with Crippen molar-refractivity contribution in [3.05, 3.63) is 35.7 Å². The van der Waals surface area contributed by atoms with Crippen molar-refractivity contribution in [1.29, 1.82) is 0 Å². The van der Waals surface area contributed by atoms with E-state index in [1.54, 1.807) is 6.07 Å². The van der Waals surface area contributed by atoms with Crippen LogP contribution in [-0.2, 0) is 0 Å². The van der Waals surface area contributed by atoms with Gasteiger partial charge in [-0.25, -0.2) is 15.0 Å². The first-order valence-corrected chi connectivity index (χ1v) is 8.59. The minimum absolute atomic E-state index is 0.181. The smallest absolute Gasteiger partial charge is 0.134 e. The molecule has 134 valence electrons. The molecule has 7 heteroatoms. The Morgan fingerprint density at radius 1 is 1.19 bits per heavy atom. The van der Waals surface area contributed by atoms with Gasteiger partial charge in [0.05, 0.1) is 11.8 Å². The number of phenolic OH excluding ortho intramolecular Hbond substituents is 1. The lowest BCUT2D eigenvalue weighted by molar-refractivity contribution is 0.0835. The highest BCUT2D eigenvalue weighted by Crippen LogP contribution is 2.37. The van der Waals surface area contributed by atoms with E-state index < -0.39 is 0 Å². The third-order valence-corrected chi connectivity index (χ3v) is 5.00. The van der Waals surface area contributed by atoms with Crippen LogP contribution in [0.5, 0.6) is 5.75 Å². The lowest BCUT2D eigenvalue weighted by Gasteiger charge is -2.32. The number of fused-ring (bicyclic) bond motifs is 1. The highest BCUT2D eigenvalue weighted by atomic mass is 16.3. The maximum atomic E-state index is 10.2. The normalized spacial score (nSPS) is 19.3. The predicted octanol–water partition coefficient (Wildman–Crippen LogP) is 2.53. The zero-order valence-corrected chi connectivity index (χ0v) is 14.7. The number of nitrogens with two attached hydrogens (primary N) is 1. The number of phenols is 1. The minimum Gasteiger partial charge on any atom is -0.508 e. The molecule has 1 aliphatic rings. The van der Waals surface area contributed by atoms with Gasteiger partial charge in [-0.1, -0.05) is 6.07 Å². The third-order valence-electron chi connectivity index (χ3n) is 5.00. The molecule has 2 aromatic heterocycles. The largest absolute Gasteiger partial charge is 0.508 e. The summed E-state index contributed by atoms with van der Waals surface area (Å²) in [6, 6.07) is 5.56. The molecular weight excluding hydrogens is 330 g/mol. The number of aliphatic hydroxyl groups excluding tert-OH is 1. The Hall–Kier alpha value is -2.93. The van der Waals surface area contributed by atoms with Gasteiger partial charge in [-0.2, -0.15) is 0 Å². The fourth-order valence-electron chi connectivity index (χ4n) is 3.45. The van der Waals surface area contributed by atoms with Crippen LogP contribution < -0.4 is 11.1 Å². The molecule has 5 N–H and O–H groups in total. The highest BCUT2D eigenvalue weighted by Gasteiger charge is 2.28. The second-order valence-corrected chi connectivity index (χ2v) is 6.88. The van der Waals surface area contributed by atoms with Crippen LogP contribution in [0.4, 0.5) is 11.6 Å². The SMILES string of the molecule is Cc1ccc(O)c(C)c1-c1nc(NC2CC(O)C2)cc2c(N)ncnc12. The molecule has 26 heavy (non-hydrogen) atoms. The van der Waals surface area contributed by atoms with E-state index >= 15 is 0 Å². The number of anilines is 2. The van der Waals surface area contributed by atoms with Gasteiger partial charge in [0.15, 0.2) is 0 Å². The number of pyridine rings is 1. The first-order valence-electron chi connectivity index (χ1n) is 8.59. The standard InChI is InChI=1S/C19H21N5O2/c1-9-3-4-14(26)10(2)16(9)18-17-13(19(20)22-8-21-17)7-15(24-18)23-11-5-12(25)6-11/h3-4,7-8,11-12,25-26H,5-6H2,1-2H3,(H,23,24)(H2,20,21,22). The van der Waals surface area contributed by atoms with Crippen molar-refractivity contribution < 1.29 is 10.2 Å². The second kappa shape index (κ2) is 6.10. The van der Waals surface area contributed by atoms with Crippen LogP contribution in [0.25, 0.3) is 22.2 Å². The Bertz CT molecular complexity index is 999. The van der Waals surface area contributed by atoms with Gasteiger partial charge in [-0.05, 0) is 44.4 Å². The Morgan fingerprint density at radius 3 is 2.69 bits per heavy atom. The summed E-state index contributed by atoms with van der Waals surface area (Å²) >= 11 is 0. The Balaban J connectivity index is 1.93. The van der Waals surface area contributed by atoms with Gasteiger partial charge in [0, 0.05) is 22.6 Å².